The summed E-state index contributed by atoms with van der Waals surface area (Å²) in [5.74, 6) is 0.655. The predicted molar refractivity (Wildman–Crippen MR) is 125 cm³/mol. The summed E-state index contributed by atoms with van der Waals surface area (Å²) in [7, 11) is 5.21. The Morgan fingerprint density at radius 1 is 1.12 bits per heavy atom. The molecule has 11 nitrogen and oxygen atoms in total. The number of carbonyl (C=O) groups is 1. The zero-order valence-electron chi connectivity index (χ0n) is 18.5. The van der Waals surface area contributed by atoms with Gasteiger partial charge in [-0.1, -0.05) is 0 Å². The number of nitrogens with two attached hydrogens (primary N) is 1. The molecule has 0 unspecified atom stereocenters. The minimum atomic E-state index is -0.713. The first-order valence-corrected chi connectivity index (χ1v) is 10.2. The number of pyridine rings is 1. The van der Waals surface area contributed by atoms with Crippen LogP contribution in [-0.4, -0.2) is 57.8 Å². The average Bonchev–Trinajstić information content (AvgIpc) is 3.21. The summed E-state index contributed by atoms with van der Waals surface area (Å²) in [6.45, 7) is 0.948. The van der Waals surface area contributed by atoms with Crippen LogP contribution in [0.25, 0.3) is 22.3 Å². The third-order valence-electron chi connectivity index (χ3n) is 4.93. The lowest BCUT2D eigenvalue weighted by molar-refractivity contribution is 0.0996. The molecule has 0 saturated carbocycles. The van der Waals surface area contributed by atoms with Crippen molar-refractivity contribution in [1.29, 1.82) is 0 Å². The van der Waals surface area contributed by atoms with Gasteiger partial charge in [0, 0.05) is 33.1 Å². The van der Waals surface area contributed by atoms with Crippen molar-refractivity contribution >= 4 is 34.3 Å². The fourth-order valence-electron chi connectivity index (χ4n) is 3.29. The largest absolute Gasteiger partial charge is 0.491 e. The number of ether oxygens (including phenoxy) is 2. The SMILES string of the molecule is CNc1nc(Nc2ccc(OCCOC)cc2)c(C(N)=O)nc1-c1cncc2c1ncn2C. The number of benzene rings is 1. The Morgan fingerprint density at radius 3 is 2.61 bits per heavy atom. The van der Waals surface area contributed by atoms with Gasteiger partial charge < -0.3 is 30.4 Å². The highest BCUT2D eigenvalue weighted by Crippen LogP contribution is 2.32. The Balaban J connectivity index is 1.71. The minimum absolute atomic E-state index is 0.00245. The van der Waals surface area contributed by atoms with Crippen LogP contribution in [0.1, 0.15) is 10.5 Å². The molecule has 170 valence electrons. The lowest BCUT2D eigenvalue weighted by atomic mass is 10.1. The number of nitrogens with one attached hydrogen (secondary N) is 2. The third-order valence-corrected chi connectivity index (χ3v) is 4.93. The lowest BCUT2D eigenvalue weighted by Crippen LogP contribution is -2.18. The molecule has 4 aromatic rings. The highest BCUT2D eigenvalue weighted by molar-refractivity contribution is 5.99. The highest BCUT2D eigenvalue weighted by atomic mass is 16.5. The maximum Gasteiger partial charge on any atom is 0.271 e. The second-order valence-corrected chi connectivity index (χ2v) is 7.13. The van der Waals surface area contributed by atoms with Gasteiger partial charge >= 0.3 is 0 Å². The molecule has 4 rings (SSSR count). The van der Waals surface area contributed by atoms with Crippen molar-refractivity contribution in [3.05, 3.63) is 48.7 Å². The van der Waals surface area contributed by atoms with Gasteiger partial charge in [-0.3, -0.25) is 9.78 Å². The number of anilines is 3. The maximum absolute atomic E-state index is 12.3. The van der Waals surface area contributed by atoms with E-state index >= 15 is 0 Å². The zero-order valence-corrected chi connectivity index (χ0v) is 18.5. The Labute approximate surface area is 190 Å². The Morgan fingerprint density at radius 2 is 1.91 bits per heavy atom. The van der Waals surface area contributed by atoms with Gasteiger partial charge in [0.05, 0.1) is 30.2 Å². The van der Waals surface area contributed by atoms with Gasteiger partial charge in [0.2, 0.25) is 0 Å². The summed E-state index contributed by atoms with van der Waals surface area (Å²) in [5.41, 5.74) is 8.91. The number of amides is 1. The smallest absolute Gasteiger partial charge is 0.271 e. The summed E-state index contributed by atoms with van der Waals surface area (Å²) in [5, 5.41) is 6.15. The second-order valence-electron chi connectivity index (χ2n) is 7.13. The van der Waals surface area contributed by atoms with Crippen LogP contribution in [0.2, 0.25) is 0 Å². The molecule has 3 heterocycles. The molecule has 0 radical (unpaired) electrons. The van der Waals surface area contributed by atoms with Crippen molar-refractivity contribution in [3.8, 4) is 17.0 Å². The van der Waals surface area contributed by atoms with Gasteiger partial charge in [-0.05, 0) is 24.3 Å². The van der Waals surface area contributed by atoms with E-state index in [1.54, 1.807) is 57.1 Å². The van der Waals surface area contributed by atoms with Crippen LogP contribution in [-0.2, 0) is 11.8 Å². The third kappa shape index (κ3) is 4.53. The van der Waals surface area contributed by atoms with Crippen molar-refractivity contribution < 1.29 is 14.3 Å². The lowest BCUT2D eigenvalue weighted by Gasteiger charge is -2.15. The van der Waals surface area contributed by atoms with Crippen LogP contribution < -0.4 is 21.1 Å². The molecule has 0 aliphatic heterocycles. The zero-order chi connectivity index (χ0) is 23.4. The van der Waals surface area contributed by atoms with Crippen LogP contribution in [0.4, 0.5) is 17.3 Å². The van der Waals surface area contributed by atoms with Gasteiger partial charge in [-0.25, -0.2) is 15.0 Å². The monoisotopic (exact) mass is 448 g/mol. The summed E-state index contributed by atoms with van der Waals surface area (Å²) in [4.78, 5) is 30.1. The van der Waals surface area contributed by atoms with Crippen molar-refractivity contribution in [2.24, 2.45) is 12.8 Å². The molecule has 11 heteroatoms. The van der Waals surface area contributed by atoms with Crippen LogP contribution in [0.3, 0.4) is 0 Å². The molecule has 4 N–H and O–H groups in total. The number of aromatic nitrogens is 5. The van der Waals surface area contributed by atoms with E-state index in [1.807, 2.05) is 11.6 Å². The maximum atomic E-state index is 12.3. The van der Waals surface area contributed by atoms with E-state index in [4.69, 9.17) is 15.2 Å². The van der Waals surface area contributed by atoms with E-state index in [2.05, 4.69) is 30.6 Å². The van der Waals surface area contributed by atoms with Gasteiger partial charge in [-0.15, -0.1) is 0 Å². The van der Waals surface area contributed by atoms with Crippen molar-refractivity contribution in [2.45, 2.75) is 0 Å². The Hall–Kier alpha value is -4.25. The average molecular weight is 448 g/mol. The second kappa shape index (κ2) is 9.49. The topological polar surface area (TPSA) is 142 Å². The highest BCUT2D eigenvalue weighted by Gasteiger charge is 2.21. The molecule has 3 aromatic heterocycles. The first-order chi connectivity index (χ1) is 16.0. The summed E-state index contributed by atoms with van der Waals surface area (Å²) >= 11 is 0. The van der Waals surface area contributed by atoms with E-state index in [1.165, 1.54) is 0 Å². The molecule has 0 saturated heterocycles. The van der Waals surface area contributed by atoms with E-state index in [0.717, 1.165) is 5.52 Å². The number of imidazole rings is 1. The first-order valence-electron chi connectivity index (χ1n) is 10.2. The summed E-state index contributed by atoms with van der Waals surface area (Å²) in [6.07, 6.45) is 5.04. The van der Waals surface area contributed by atoms with Gasteiger partial charge in [0.15, 0.2) is 17.3 Å². The molecule has 0 spiro atoms. The van der Waals surface area contributed by atoms with Crippen molar-refractivity contribution in [3.63, 3.8) is 0 Å². The molecule has 0 aliphatic rings. The molecule has 0 fully saturated rings. The fourth-order valence-corrected chi connectivity index (χ4v) is 3.29. The number of hydrogen-bond acceptors (Lipinski definition) is 9. The number of fused-ring (bicyclic) bond motifs is 1. The van der Waals surface area contributed by atoms with Crippen LogP contribution in [0.15, 0.2) is 43.0 Å². The van der Waals surface area contributed by atoms with E-state index in [-0.39, 0.29) is 11.5 Å². The molecular formula is C22H24N8O3. The predicted octanol–water partition coefficient (Wildman–Crippen LogP) is 2.33. The molecule has 33 heavy (non-hydrogen) atoms. The number of aryl methyl sites for hydroxylation is 1. The molecule has 1 amide bonds. The normalized spacial score (nSPS) is 10.9. The fraction of sp³-hybridized carbons (Fsp3) is 0.227. The standard InChI is InChI=1S/C22H24N8O3/c1-24-21-18(15-10-25-11-16-17(15)26-12-30(16)2)28-19(20(23)31)22(29-21)27-13-4-6-14(7-5-13)33-9-8-32-3/h4-7,10-12H,8-9H2,1-3H3,(H2,23,31)(H2,24,27,29). The molecule has 0 aliphatic carbocycles. The van der Waals surface area contributed by atoms with E-state index in [9.17, 15) is 4.79 Å². The van der Waals surface area contributed by atoms with E-state index in [0.29, 0.717) is 47.2 Å². The number of carbonyl (C=O) groups excluding carboxylic acids is 1. The quantitative estimate of drug-likeness (QED) is 0.329. The molecular weight excluding hydrogens is 424 g/mol. The van der Waals surface area contributed by atoms with E-state index < -0.39 is 5.91 Å². The number of primary amides is 1. The molecule has 0 bridgehead atoms. The van der Waals surface area contributed by atoms with Crippen LogP contribution in [0, 0.1) is 0 Å². The first kappa shape index (κ1) is 22.0. The van der Waals surface area contributed by atoms with Crippen molar-refractivity contribution in [2.75, 3.05) is 38.0 Å². The summed E-state index contributed by atoms with van der Waals surface area (Å²) in [6, 6.07) is 7.21. The van der Waals surface area contributed by atoms with Crippen molar-refractivity contribution in [1.82, 2.24) is 24.5 Å². The van der Waals surface area contributed by atoms with Gasteiger partial charge in [-0.2, -0.15) is 0 Å². The molecule has 0 atom stereocenters. The van der Waals surface area contributed by atoms with Gasteiger partial charge in [0.25, 0.3) is 5.91 Å². The summed E-state index contributed by atoms with van der Waals surface area (Å²) < 4.78 is 12.4. The number of hydrogen-bond donors (Lipinski definition) is 3. The number of nitrogens with zero attached hydrogens (tertiary/aromatic N) is 5. The Kier molecular flexibility index (Phi) is 6.31. The number of rotatable bonds is 9. The number of methoxy groups -OCH3 is 1. The Bertz CT molecular complexity index is 1290. The minimum Gasteiger partial charge on any atom is -0.491 e. The van der Waals surface area contributed by atoms with Gasteiger partial charge in [0.1, 0.15) is 23.6 Å². The van der Waals surface area contributed by atoms with Crippen LogP contribution >= 0.6 is 0 Å². The van der Waals surface area contributed by atoms with Crippen LogP contribution in [0.5, 0.6) is 5.75 Å². The molecule has 1 aromatic carbocycles.